The third-order valence-electron chi connectivity index (χ3n) is 8.53. The number of benzene rings is 4. The summed E-state index contributed by atoms with van der Waals surface area (Å²) in [4.78, 5) is 24.6. The number of likely N-dealkylation sites (N-methyl/N-ethyl adjacent to an activating group) is 2. The van der Waals surface area contributed by atoms with E-state index in [9.17, 15) is 9.59 Å². The molecule has 0 aliphatic heterocycles. The van der Waals surface area contributed by atoms with Gasteiger partial charge in [0.15, 0.2) is 0 Å². The van der Waals surface area contributed by atoms with Crippen molar-refractivity contribution >= 4 is 59.2 Å². The van der Waals surface area contributed by atoms with Crippen LogP contribution in [0, 0.1) is 13.8 Å². The van der Waals surface area contributed by atoms with Gasteiger partial charge in [0.25, 0.3) is 0 Å². The normalized spacial score (nSPS) is 10.9. The molecule has 2 heterocycles. The van der Waals surface area contributed by atoms with Gasteiger partial charge in [0, 0.05) is 66.7 Å². The van der Waals surface area contributed by atoms with E-state index >= 15 is 0 Å². The monoisotopic (exact) mass is 802 g/mol. The summed E-state index contributed by atoms with van der Waals surface area (Å²) in [6.07, 6.45) is 3.58. The van der Waals surface area contributed by atoms with E-state index < -0.39 is 7.12 Å². The maximum atomic E-state index is 12.5. The van der Waals surface area contributed by atoms with Crippen molar-refractivity contribution in [2.24, 2.45) is 14.1 Å². The van der Waals surface area contributed by atoms with Gasteiger partial charge in [-0.3, -0.25) is 19.0 Å². The molecular weight excluding hydrogens is 758 g/mol. The van der Waals surface area contributed by atoms with Crippen LogP contribution in [0.25, 0.3) is 11.1 Å². The molecule has 0 fully saturated rings. The van der Waals surface area contributed by atoms with Crippen LogP contribution in [0.3, 0.4) is 0 Å². The van der Waals surface area contributed by atoms with Crippen LogP contribution in [-0.4, -0.2) is 62.6 Å². The molecule has 0 saturated carbocycles. The summed E-state index contributed by atoms with van der Waals surface area (Å²) in [5.74, 6) is -0.844. The van der Waals surface area contributed by atoms with Gasteiger partial charge in [-0.15, -0.1) is 0 Å². The lowest BCUT2D eigenvalue weighted by molar-refractivity contribution is -0.122. The van der Waals surface area contributed by atoms with Crippen LogP contribution in [0.4, 0.5) is 0 Å². The second-order valence-corrected chi connectivity index (χ2v) is 13.7. The predicted molar refractivity (Wildman–Crippen MR) is 224 cm³/mol. The zero-order chi connectivity index (χ0) is 39.5. The maximum Gasteiger partial charge on any atom is 0.491 e. The Morgan fingerprint density at radius 1 is 0.600 bits per heavy atom. The highest BCUT2D eigenvalue weighted by molar-refractivity contribution is 6.59. The highest BCUT2D eigenvalue weighted by Gasteiger charge is 2.23. The van der Waals surface area contributed by atoms with Crippen LogP contribution < -0.4 is 16.1 Å². The fourth-order valence-electron chi connectivity index (χ4n) is 5.85. The molecule has 6 aromatic rings. The first-order valence-corrected chi connectivity index (χ1v) is 18.0. The molecule has 0 bridgehead atoms. The van der Waals surface area contributed by atoms with Crippen LogP contribution in [0.5, 0.6) is 0 Å². The molecule has 0 radical (unpaired) electrons. The molecule has 0 saturated heterocycles. The summed E-state index contributed by atoms with van der Waals surface area (Å²) in [5, 5.41) is 33.1. The van der Waals surface area contributed by atoms with Crippen molar-refractivity contribution in [3.63, 3.8) is 0 Å². The van der Waals surface area contributed by atoms with Gasteiger partial charge in [-0.2, -0.15) is 10.2 Å². The minimum Gasteiger partial charge on any atom is -0.423 e. The van der Waals surface area contributed by atoms with Crippen LogP contribution in [0.2, 0.25) is 15.1 Å². The largest absolute Gasteiger partial charge is 0.491 e. The first-order valence-electron chi connectivity index (χ1n) is 16.9. The molecule has 4 N–H and O–H groups in total. The molecule has 55 heavy (non-hydrogen) atoms. The zero-order valence-corrected chi connectivity index (χ0v) is 33.0. The Morgan fingerprint density at radius 2 is 0.927 bits per heavy atom. The van der Waals surface area contributed by atoms with Crippen molar-refractivity contribution in [3.8, 4) is 11.1 Å². The number of carbonyl (C=O) groups excluding carboxylic acids is 2. The maximum absolute atomic E-state index is 12.5. The number of rotatable bonds is 8. The number of hydrogen-bond donors (Lipinski definition) is 4. The highest BCUT2D eigenvalue weighted by atomic mass is 35.5. The average molecular weight is 804 g/mol. The number of nitrogens with zero attached hydrogens (tertiary/aromatic N) is 4. The van der Waals surface area contributed by atoms with Crippen LogP contribution in [-0.2, 0) is 23.7 Å². The zero-order valence-electron chi connectivity index (χ0n) is 30.8. The molecule has 2 aromatic heterocycles. The standard InChI is InChI=1S/C20H20ClN3O.C15H13Cl2NO.C5H9BN2O2.CH4/c1-13-18(12-24(3)23-13)14-4-6-15(7-5-14)19(20(25)22-2)16-8-10-17(21)11-9-16;1-18-15(19)14(10-2-6-12(16)7-3-10)11-4-8-13(17)9-5-11;1-4-5(6(9)10)3-8(2)7-4;/h4-12,19H,1-3H3,(H,22,25);2-9,14H,1H3,(H,18,19);3,9-10H,1-2H3;1H4. The van der Waals surface area contributed by atoms with E-state index in [1.54, 1.807) is 80.0 Å². The van der Waals surface area contributed by atoms with Gasteiger partial charge in [0.05, 0.1) is 23.2 Å². The summed E-state index contributed by atoms with van der Waals surface area (Å²) < 4.78 is 3.35. The topological polar surface area (TPSA) is 134 Å². The Kier molecular flexibility index (Phi) is 16.7. The number of aryl methyl sites for hydroxylation is 4. The van der Waals surface area contributed by atoms with Crippen LogP contribution in [0.15, 0.2) is 109 Å². The van der Waals surface area contributed by atoms with Gasteiger partial charge in [0.2, 0.25) is 11.8 Å². The first-order chi connectivity index (χ1) is 25.7. The Morgan fingerprint density at radius 3 is 1.18 bits per heavy atom. The number of amides is 2. The summed E-state index contributed by atoms with van der Waals surface area (Å²) in [6, 6.07) is 30.0. The molecule has 1 atom stereocenters. The highest BCUT2D eigenvalue weighted by Crippen LogP contribution is 2.30. The molecule has 6 rings (SSSR count). The molecular formula is C41H46BCl3N6O4. The smallest absolute Gasteiger partial charge is 0.423 e. The second-order valence-electron chi connectivity index (χ2n) is 12.4. The molecule has 2 amide bonds. The summed E-state index contributed by atoms with van der Waals surface area (Å²) in [7, 11) is 5.51. The first kappa shape index (κ1) is 44.5. The van der Waals surface area contributed by atoms with E-state index in [0.717, 1.165) is 39.1 Å². The van der Waals surface area contributed by atoms with Crippen LogP contribution >= 0.6 is 34.8 Å². The fourth-order valence-corrected chi connectivity index (χ4v) is 6.23. The van der Waals surface area contributed by atoms with Crippen molar-refractivity contribution in [2.45, 2.75) is 33.1 Å². The quantitative estimate of drug-likeness (QED) is 0.125. The van der Waals surface area contributed by atoms with Gasteiger partial charge in [-0.05, 0) is 78.1 Å². The minimum atomic E-state index is -1.41. The van der Waals surface area contributed by atoms with Crippen molar-refractivity contribution < 1.29 is 19.6 Å². The molecule has 14 heteroatoms. The lowest BCUT2D eigenvalue weighted by Crippen LogP contribution is -2.30. The Balaban J connectivity index is 0.000000239. The van der Waals surface area contributed by atoms with E-state index in [1.807, 2.05) is 80.8 Å². The molecule has 0 aliphatic rings. The SMILES string of the molecule is C.CNC(=O)C(c1ccc(Cl)cc1)c1ccc(-c2cn(C)nc2C)cc1.CNC(=O)C(c1ccc(Cl)cc1)c1ccc(Cl)cc1.Cc1nn(C)cc1B(O)O. The van der Waals surface area contributed by atoms with Crippen molar-refractivity contribution in [1.29, 1.82) is 0 Å². The number of nitrogens with one attached hydrogen (secondary N) is 2. The summed E-state index contributed by atoms with van der Waals surface area (Å²) >= 11 is 17.7. The lowest BCUT2D eigenvalue weighted by atomic mass is 9.81. The molecule has 0 spiro atoms. The molecule has 10 nitrogen and oxygen atoms in total. The molecule has 0 aliphatic carbocycles. The van der Waals surface area contributed by atoms with E-state index in [-0.39, 0.29) is 31.1 Å². The van der Waals surface area contributed by atoms with Gasteiger partial charge >= 0.3 is 7.12 Å². The van der Waals surface area contributed by atoms with Crippen molar-refractivity contribution in [2.75, 3.05) is 14.1 Å². The molecule has 4 aromatic carbocycles. The molecule has 1 unspecified atom stereocenters. The number of hydrogen-bond acceptors (Lipinski definition) is 6. The second kappa shape index (κ2) is 20.7. The van der Waals surface area contributed by atoms with Gasteiger partial charge < -0.3 is 20.7 Å². The number of halogens is 3. The number of carbonyl (C=O) groups is 2. The summed E-state index contributed by atoms with van der Waals surface area (Å²) in [6.45, 7) is 3.72. The van der Waals surface area contributed by atoms with E-state index in [2.05, 4.69) is 20.8 Å². The third kappa shape index (κ3) is 12.0. The van der Waals surface area contributed by atoms with Gasteiger partial charge in [-0.25, -0.2) is 0 Å². The Hall–Kier alpha value is -4.91. The Labute approximate surface area is 338 Å². The van der Waals surface area contributed by atoms with E-state index in [1.165, 1.54) is 0 Å². The predicted octanol–water partition coefficient (Wildman–Crippen LogP) is 6.84. The Bertz CT molecular complexity index is 2090. The van der Waals surface area contributed by atoms with Crippen LogP contribution in [0.1, 0.15) is 52.9 Å². The van der Waals surface area contributed by atoms with Gasteiger partial charge in [0.1, 0.15) is 0 Å². The average Bonchev–Trinajstić information content (AvgIpc) is 3.69. The third-order valence-corrected chi connectivity index (χ3v) is 9.28. The minimum absolute atomic E-state index is 0. The lowest BCUT2D eigenvalue weighted by Gasteiger charge is -2.17. The van der Waals surface area contributed by atoms with Gasteiger partial charge in [-0.1, -0.05) is 103 Å². The molecule has 288 valence electrons. The van der Waals surface area contributed by atoms with Crippen molar-refractivity contribution in [1.82, 2.24) is 30.2 Å². The van der Waals surface area contributed by atoms with E-state index in [0.29, 0.717) is 26.2 Å². The van der Waals surface area contributed by atoms with Crippen molar-refractivity contribution in [3.05, 3.63) is 158 Å². The van der Waals surface area contributed by atoms with E-state index in [4.69, 9.17) is 44.9 Å². The number of aromatic nitrogens is 4. The fraction of sp³-hybridized carbons (Fsp3) is 0.220. The summed E-state index contributed by atoms with van der Waals surface area (Å²) in [5.41, 5.74) is 7.91.